The van der Waals surface area contributed by atoms with Crippen molar-refractivity contribution >= 4 is 23.1 Å². The molecule has 4 heteroatoms. The third-order valence-electron chi connectivity index (χ3n) is 1.45. The van der Waals surface area contributed by atoms with Crippen molar-refractivity contribution in [3.05, 3.63) is 6.42 Å². The number of hydrogen-bond acceptors (Lipinski definition) is 2. The largest absolute Gasteiger partial charge is 2.00 e. The van der Waals surface area contributed by atoms with Crippen LogP contribution in [-0.2, 0) is 9.47 Å². The van der Waals surface area contributed by atoms with Crippen LogP contribution in [0.5, 0.6) is 0 Å². The van der Waals surface area contributed by atoms with Gasteiger partial charge in [-0.25, -0.2) is 0 Å². The number of unbranched alkanes of at least 4 members (excludes halogenated alkanes) is 1. The van der Waals surface area contributed by atoms with E-state index >= 15 is 0 Å². The van der Waals surface area contributed by atoms with Crippen molar-refractivity contribution in [3.63, 3.8) is 0 Å². The van der Waals surface area contributed by atoms with Crippen LogP contribution in [0.25, 0.3) is 0 Å². The van der Waals surface area contributed by atoms with Crippen molar-refractivity contribution in [2.24, 2.45) is 0 Å². The van der Waals surface area contributed by atoms with Crippen LogP contribution in [0, 0.1) is 12.3 Å². The maximum absolute atomic E-state index is 6.72. The molecule has 0 radical (unpaired) electrons. The number of ether oxygens (including phenoxy) is 2. The first-order valence-electron chi connectivity index (χ1n) is 4.47. The topological polar surface area (TPSA) is 18.5 Å². The van der Waals surface area contributed by atoms with Crippen LogP contribution in [-0.4, -0.2) is 42.6 Å². The second-order valence-corrected chi connectivity index (χ2v) is 2.41. The molecule has 2 nitrogen and oxygen atoms in total. The molecule has 0 N–H and O–H groups in total. The van der Waals surface area contributed by atoms with Crippen LogP contribution < -0.4 is 17.0 Å². The minimum absolute atomic E-state index is 0. The predicted molar refractivity (Wildman–Crippen MR) is 53.8 cm³/mol. The van der Waals surface area contributed by atoms with E-state index in [9.17, 15) is 0 Å². The molecule has 0 saturated heterocycles. The molecule has 0 heterocycles. The average Bonchev–Trinajstić information content (AvgIpc) is 2.06. The average molecular weight is 273 g/mol. The van der Waals surface area contributed by atoms with Crippen molar-refractivity contribution in [3.8, 4) is 5.92 Å². The molecule has 0 aliphatic heterocycles. The zero-order chi connectivity index (χ0) is 9.23. The Morgan fingerprint density at radius 1 is 1.21 bits per heavy atom. The van der Waals surface area contributed by atoms with E-state index in [-0.39, 0.29) is 46.3 Å². The molecule has 0 aromatic carbocycles. The normalized spacial score (nSPS) is 8.71. The van der Waals surface area contributed by atoms with Gasteiger partial charge in [0.1, 0.15) is 0 Å². The van der Waals surface area contributed by atoms with E-state index in [1.165, 1.54) is 0 Å². The van der Waals surface area contributed by atoms with Gasteiger partial charge in [-0.15, -0.1) is 0 Å². The van der Waals surface area contributed by atoms with Gasteiger partial charge in [0.25, 0.3) is 0 Å². The first kappa shape index (κ1) is 20.2. The van der Waals surface area contributed by atoms with Crippen molar-refractivity contribution in [2.45, 2.75) is 39.4 Å². The fraction of sp³-hybridized carbons (Fsp3) is 0.800. The van der Waals surface area contributed by atoms with E-state index in [1.807, 2.05) is 13.8 Å². The zero-order valence-electron chi connectivity index (χ0n) is 9.01. The monoisotopic (exact) mass is 272 g/mol. The zero-order valence-corrected chi connectivity index (χ0v) is 12.0. The smallest absolute Gasteiger partial charge is 1.00 e. The molecule has 0 aromatic rings. The Bertz CT molecular complexity index is 131. The maximum atomic E-state index is 6.72. The predicted octanol–water partition coefficient (Wildman–Crippen LogP) is -1.23. The standard InChI is InChI=1S/C10H17O2.BrH.Mg/c1-4-7-8-9-10(11-5-2)12-6-3;;/h10H,5-9H2,2-3H3;1H;/q-1;;+2/p-1. The van der Waals surface area contributed by atoms with Crippen molar-refractivity contribution in [1.82, 2.24) is 0 Å². The maximum Gasteiger partial charge on any atom is 2.00 e. The Hall–Kier alpha value is 0.726. The Labute approximate surface area is 114 Å². The van der Waals surface area contributed by atoms with Crippen LogP contribution in [0.3, 0.4) is 0 Å². The summed E-state index contributed by atoms with van der Waals surface area (Å²) in [4.78, 5) is 0. The number of halogens is 1. The minimum Gasteiger partial charge on any atom is -1.00 e. The summed E-state index contributed by atoms with van der Waals surface area (Å²) >= 11 is 0. The molecular formula is C10H17BrMgO2. The molecule has 0 aromatic heterocycles. The van der Waals surface area contributed by atoms with Gasteiger partial charge < -0.3 is 38.8 Å². The molecule has 0 aliphatic rings. The van der Waals surface area contributed by atoms with Gasteiger partial charge in [-0.3, -0.25) is 0 Å². The van der Waals surface area contributed by atoms with Gasteiger partial charge in [0.2, 0.25) is 0 Å². The third-order valence-corrected chi connectivity index (χ3v) is 1.45. The molecule has 0 atom stereocenters. The van der Waals surface area contributed by atoms with E-state index in [1.54, 1.807) is 0 Å². The van der Waals surface area contributed by atoms with Crippen molar-refractivity contribution in [2.75, 3.05) is 13.2 Å². The summed E-state index contributed by atoms with van der Waals surface area (Å²) in [6.07, 6.45) is 9.09. The summed E-state index contributed by atoms with van der Waals surface area (Å²) in [5.74, 6) is 2.35. The summed E-state index contributed by atoms with van der Waals surface area (Å²) in [6, 6.07) is 0. The number of rotatable bonds is 7. The third kappa shape index (κ3) is 12.7. The molecule has 0 aliphatic carbocycles. The SMILES string of the molecule is [Br-].[C-]#CCCCC(OCC)OCC.[Mg+2]. The minimum atomic E-state index is -0.0895. The quantitative estimate of drug-likeness (QED) is 0.190. The van der Waals surface area contributed by atoms with Crippen molar-refractivity contribution < 1.29 is 26.5 Å². The fourth-order valence-corrected chi connectivity index (χ4v) is 0.944. The van der Waals surface area contributed by atoms with Gasteiger partial charge in [-0.1, -0.05) is 0 Å². The molecule has 0 amide bonds. The second-order valence-electron chi connectivity index (χ2n) is 2.41. The number of hydrogen-bond donors (Lipinski definition) is 0. The van der Waals surface area contributed by atoms with Crippen LogP contribution in [0.2, 0.25) is 0 Å². The van der Waals surface area contributed by atoms with Crippen LogP contribution in [0.4, 0.5) is 0 Å². The second kappa shape index (κ2) is 16.2. The first-order valence-corrected chi connectivity index (χ1v) is 4.47. The van der Waals surface area contributed by atoms with E-state index in [0.717, 1.165) is 12.8 Å². The molecule has 0 saturated carbocycles. The Morgan fingerprint density at radius 2 is 1.71 bits per heavy atom. The summed E-state index contributed by atoms with van der Waals surface area (Å²) in [5.41, 5.74) is 0. The van der Waals surface area contributed by atoms with E-state index < -0.39 is 0 Å². The Balaban J connectivity index is -0.000000605. The Morgan fingerprint density at radius 3 is 2.07 bits per heavy atom. The van der Waals surface area contributed by atoms with Crippen LogP contribution in [0.15, 0.2) is 0 Å². The van der Waals surface area contributed by atoms with Crippen molar-refractivity contribution in [1.29, 1.82) is 0 Å². The summed E-state index contributed by atoms with van der Waals surface area (Å²) < 4.78 is 10.6. The van der Waals surface area contributed by atoms with Gasteiger partial charge in [-0.05, 0) is 33.1 Å². The first-order chi connectivity index (χ1) is 5.85. The van der Waals surface area contributed by atoms with Gasteiger partial charge >= 0.3 is 23.1 Å². The summed E-state index contributed by atoms with van der Waals surface area (Å²) in [6.45, 7) is 5.27. The Kier molecular flexibility index (Phi) is 23.3. The summed E-state index contributed by atoms with van der Waals surface area (Å²) in [7, 11) is 0. The molecule has 0 bridgehead atoms. The summed E-state index contributed by atoms with van der Waals surface area (Å²) in [5, 5.41) is 0. The van der Waals surface area contributed by atoms with Gasteiger partial charge in [0.05, 0.1) is 0 Å². The van der Waals surface area contributed by atoms with E-state index in [0.29, 0.717) is 19.6 Å². The molecule has 0 unspecified atom stereocenters. The molecule has 0 rings (SSSR count). The van der Waals surface area contributed by atoms with Gasteiger partial charge in [0.15, 0.2) is 6.29 Å². The van der Waals surface area contributed by atoms with E-state index in [4.69, 9.17) is 15.9 Å². The van der Waals surface area contributed by atoms with E-state index in [2.05, 4.69) is 5.92 Å². The van der Waals surface area contributed by atoms with Crippen LogP contribution in [0.1, 0.15) is 33.1 Å². The molecule has 78 valence electrons. The molecule has 0 spiro atoms. The van der Waals surface area contributed by atoms with Gasteiger partial charge in [-0.2, -0.15) is 0 Å². The van der Waals surface area contributed by atoms with Gasteiger partial charge in [0, 0.05) is 13.2 Å². The molecular weight excluding hydrogens is 256 g/mol. The fourth-order valence-electron chi connectivity index (χ4n) is 0.944. The van der Waals surface area contributed by atoms with Crippen LogP contribution >= 0.6 is 0 Å². The molecule has 14 heavy (non-hydrogen) atoms. The molecule has 0 fully saturated rings.